The Labute approximate surface area is 54.1 Å². The molecule has 0 aliphatic rings. The number of hydrogen-bond acceptors (Lipinski definition) is 3. The summed E-state index contributed by atoms with van der Waals surface area (Å²) in [4.78, 5) is 0. The molecule has 58 valence electrons. The summed E-state index contributed by atoms with van der Waals surface area (Å²) in [6.07, 6.45) is -1.26. The lowest BCUT2D eigenvalue weighted by Crippen LogP contribution is -2.23. The van der Waals surface area contributed by atoms with Gasteiger partial charge < -0.3 is 20.8 Å². The first kappa shape index (κ1) is 11.6. The molecule has 0 aliphatic carbocycles. The molecular formula is C5H14O4. The minimum atomic E-state index is -0.778. The summed E-state index contributed by atoms with van der Waals surface area (Å²) < 4.78 is 0. The van der Waals surface area contributed by atoms with E-state index in [-0.39, 0.29) is 18.5 Å². The lowest BCUT2D eigenvalue weighted by Gasteiger charge is -2.10. The summed E-state index contributed by atoms with van der Waals surface area (Å²) in [5, 5.41) is 25.5. The molecule has 0 bridgehead atoms. The highest BCUT2D eigenvalue weighted by Crippen LogP contribution is 1.95. The largest absolute Gasteiger partial charge is 0.412 e. The van der Waals surface area contributed by atoms with E-state index < -0.39 is 12.2 Å². The molecular weight excluding hydrogens is 124 g/mol. The van der Waals surface area contributed by atoms with Gasteiger partial charge in [0.15, 0.2) is 0 Å². The lowest BCUT2D eigenvalue weighted by atomic mass is 10.2. The quantitative estimate of drug-likeness (QED) is 0.433. The van der Waals surface area contributed by atoms with Gasteiger partial charge in [-0.3, -0.25) is 0 Å². The molecule has 9 heavy (non-hydrogen) atoms. The summed E-state index contributed by atoms with van der Waals surface area (Å²) in [6, 6.07) is 0. The smallest absolute Gasteiger partial charge is 0.0818 e. The first-order chi connectivity index (χ1) is 3.68. The molecule has 0 radical (unpaired) electrons. The third-order valence-electron chi connectivity index (χ3n) is 0.982. The third kappa shape index (κ3) is 5.72. The Kier molecular flexibility index (Phi) is 7.70. The van der Waals surface area contributed by atoms with Crippen molar-refractivity contribution in [2.24, 2.45) is 0 Å². The SMILES string of the molecule is CC(O)C(O)CCO.O. The average molecular weight is 138 g/mol. The van der Waals surface area contributed by atoms with E-state index in [4.69, 9.17) is 15.3 Å². The highest BCUT2D eigenvalue weighted by atomic mass is 16.3. The highest BCUT2D eigenvalue weighted by Gasteiger charge is 2.08. The first-order valence-electron chi connectivity index (χ1n) is 2.65. The lowest BCUT2D eigenvalue weighted by molar-refractivity contribution is 0.0162. The van der Waals surface area contributed by atoms with Crippen LogP contribution in [0.15, 0.2) is 0 Å². The molecule has 0 aromatic carbocycles. The first-order valence-corrected chi connectivity index (χ1v) is 2.65. The zero-order valence-electron chi connectivity index (χ0n) is 5.41. The molecule has 0 heterocycles. The van der Waals surface area contributed by atoms with Crippen molar-refractivity contribution in [2.75, 3.05) is 6.61 Å². The minimum absolute atomic E-state index is 0. The van der Waals surface area contributed by atoms with Crippen LogP contribution in [0, 0.1) is 0 Å². The summed E-state index contributed by atoms with van der Waals surface area (Å²) >= 11 is 0. The molecule has 4 heteroatoms. The van der Waals surface area contributed by atoms with Crippen molar-refractivity contribution in [3.05, 3.63) is 0 Å². The van der Waals surface area contributed by atoms with Crippen molar-refractivity contribution in [3.63, 3.8) is 0 Å². The zero-order valence-corrected chi connectivity index (χ0v) is 5.41. The molecule has 0 saturated carbocycles. The van der Waals surface area contributed by atoms with Crippen molar-refractivity contribution in [1.29, 1.82) is 0 Å². The molecule has 0 aromatic rings. The van der Waals surface area contributed by atoms with Gasteiger partial charge in [0.2, 0.25) is 0 Å². The van der Waals surface area contributed by atoms with Gasteiger partial charge in [0.1, 0.15) is 0 Å². The second-order valence-corrected chi connectivity index (χ2v) is 1.82. The number of aliphatic hydroxyl groups excluding tert-OH is 3. The van der Waals surface area contributed by atoms with E-state index in [0.29, 0.717) is 0 Å². The predicted octanol–water partition coefficient (Wildman–Crippen LogP) is -1.71. The molecule has 0 spiro atoms. The monoisotopic (exact) mass is 138 g/mol. The maximum atomic E-state index is 8.72. The Bertz CT molecular complexity index is 54.9. The van der Waals surface area contributed by atoms with E-state index in [1.807, 2.05) is 0 Å². The van der Waals surface area contributed by atoms with Gasteiger partial charge in [0.25, 0.3) is 0 Å². The topological polar surface area (TPSA) is 92.2 Å². The van der Waals surface area contributed by atoms with E-state index in [0.717, 1.165) is 0 Å². The standard InChI is InChI=1S/C5H12O3.H2O/c1-4(7)5(8)2-3-6;/h4-8H,2-3H2,1H3;1H2. The van der Waals surface area contributed by atoms with Crippen molar-refractivity contribution >= 4 is 0 Å². The molecule has 2 atom stereocenters. The highest BCUT2D eigenvalue weighted by molar-refractivity contribution is 4.59. The van der Waals surface area contributed by atoms with E-state index in [9.17, 15) is 0 Å². The average Bonchev–Trinajstić information content (AvgIpc) is 1.67. The molecule has 0 amide bonds. The van der Waals surface area contributed by atoms with Gasteiger partial charge >= 0.3 is 0 Å². The normalized spacial score (nSPS) is 16.0. The van der Waals surface area contributed by atoms with E-state index >= 15 is 0 Å². The fraction of sp³-hybridized carbons (Fsp3) is 1.00. The number of aliphatic hydroxyl groups is 3. The van der Waals surface area contributed by atoms with Gasteiger partial charge in [-0.05, 0) is 13.3 Å². The summed E-state index contributed by atoms with van der Waals surface area (Å²) in [7, 11) is 0. The van der Waals surface area contributed by atoms with Crippen LogP contribution in [0.5, 0.6) is 0 Å². The van der Waals surface area contributed by atoms with Gasteiger partial charge in [0.05, 0.1) is 12.2 Å². The molecule has 5 N–H and O–H groups in total. The second-order valence-electron chi connectivity index (χ2n) is 1.82. The molecule has 2 unspecified atom stereocenters. The van der Waals surface area contributed by atoms with Crippen LogP contribution in [0.25, 0.3) is 0 Å². The van der Waals surface area contributed by atoms with Crippen LogP contribution in [-0.2, 0) is 0 Å². The van der Waals surface area contributed by atoms with E-state index in [1.54, 1.807) is 0 Å². The molecule has 0 aliphatic heterocycles. The van der Waals surface area contributed by atoms with Crippen LogP contribution >= 0.6 is 0 Å². The molecule has 0 saturated heterocycles. The second kappa shape index (κ2) is 5.97. The summed E-state index contributed by atoms with van der Waals surface area (Å²) in [6.45, 7) is 1.41. The van der Waals surface area contributed by atoms with Crippen LogP contribution in [-0.4, -0.2) is 39.6 Å². The zero-order chi connectivity index (χ0) is 6.57. The number of hydrogen-bond donors (Lipinski definition) is 3. The van der Waals surface area contributed by atoms with Gasteiger partial charge in [-0.2, -0.15) is 0 Å². The van der Waals surface area contributed by atoms with Crippen LogP contribution in [0.4, 0.5) is 0 Å². The van der Waals surface area contributed by atoms with E-state index in [2.05, 4.69) is 0 Å². The third-order valence-corrected chi connectivity index (χ3v) is 0.982. The molecule has 0 rings (SSSR count). The van der Waals surface area contributed by atoms with Crippen molar-refractivity contribution in [1.82, 2.24) is 0 Å². The Balaban J connectivity index is 0. The molecule has 0 aromatic heterocycles. The van der Waals surface area contributed by atoms with Crippen molar-refractivity contribution in [2.45, 2.75) is 25.6 Å². The van der Waals surface area contributed by atoms with Gasteiger partial charge in [-0.15, -0.1) is 0 Å². The van der Waals surface area contributed by atoms with Crippen LogP contribution in [0.1, 0.15) is 13.3 Å². The van der Waals surface area contributed by atoms with Crippen LogP contribution < -0.4 is 0 Å². The van der Waals surface area contributed by atoms with Crippen LogP contribution in [0.2, 0.25) is 0 Å². The summed E-state index contributed by atoms with van der Waals surface area (Å²) in [5.41, 5.74) is 0. The van der Waals surface area contributed by atoms with Crippen molar-refractivity contribution in [3.8, 4) is 0 Å². The fourth-order valence-electron chi connectivity index (χ4n) is 0.373. The Hall–Kier alpha value is -0.160. The van der Waals surface area contributed by atoms with Crippen LogP contribution in [0.3, 0.4) is 0 Å². The van der Waals surface area contributed by atoms with Gasteiger partial charge in [0, 0.05) is 6.61 Å². The summed E-state index contributed by atoms with van der Waals surface area (Å²) in [5.74, 6) is 0. The van der Waals surface area contributed by atoms with E-state index in [1.165, 1.54) is 6.92 Å². The maximum absolute atomic E-state index is 8.72. The number of rotatable bonds is 3. The predicted molar refractivity (Wildman–Crippen MR) is 33.0 cm³/mol. The fourth-order valence-corrected chi connectivity index (χ4v) is 0.373. The van der Waals surface area contributed by atoms with Crippen molar-refractivity contribution < 1.29 is 20.8 Å². The Morgan fingerprint density at radius 1 is 1.33 bits per heavy atom. The minimum Gasteiger partial charge on any atom is -0.412 e. The Morgan fingerprint density at radius 3 is 1.89 bits per heavy atom. The van der Waals surface area contributed by atoms with Gasteiger partial charge in [-0.1, -0.05) is 0 Å². The molecule has 0 fully saturated rings. The maximum Gasteiger partial charge on any atom is 0.0818 e. The Morgan fingerprint density at radius 2 is 1.78 bits per heavy atom. The van der Waals surface area contributed by atoms with Gasteiger partial charge in [-0.25, -0.2) is 0 Å². The molecule has 4 nitrogen and oxygen atoms in total.